The zero-order valence-electron chi connectivity index (χ0n) is 8.69. The van der Waals surface area contributed by atoms with E-state index in [4.69, 9.17) is 4.74 Å². The molecule has 2 heterocycles. The third-order valence-corrected chi connectivity index (χ3v) is 3.44. The molecule has 78 valence electrons. The number of aryl methyl sites for hydroxylation is 1. The molecule has 14 heavy (non-hydrogen) atoms. The lowest BCUT2D eigenvalue weighted by Gasteiger charge is -2.13. The molecule has 0 bridgehead atoms. The van der Waals surface area contributed by atoms with Gasteiger partial charge < -0.3 is 4.74 Å². The van der Waals surface area contributed by atoms with E-state index in [1.54, 1.807) is 18.4 Å². The minimum Gasteiger partial charge on any atom is -0.380 e. The van der Waals surface area contributed by atoms with Crippen LogP contribution < -0.4 is 0 Å². The SMILES string of the molecule is COC1CCN(Cc2csc(C)n2)C1. The van der Waals surface area contributed by atoms with Crippen molar-refractivity contribution in [1.82, 2.24) is 9.88 Å². The van der Waals surface area contributed by atoms with E-state index in [1.165, 1.54) is 5.69 Å². The molecule has 0 radical (unpaired) electrons. The standard InChI is InChI=1S/C10H16N2OS/c1-8-11-9(7-14-8)5-12-4-3-10(6-12)13-2/h7,10H,3-6H2,1-2H3. The zero-order chi connectivity index (χ0) is 9.97. The first-order valence-electron chi connectivity index (χ1n) is 4.94. The summed E-state index contributed by atoms with van der Waals surface area (Å²) >= 11 is 1.73. The Kier molecular flexibility index (Phi) is 3.15. The van der Waals surface area contributed by atoms with Crippen LogP contribution >= 0.6 is 11.3 Å². The van der Waals surface area contributed by atoms with E-state index in [9.17, 15) is 0 Å². The molecule has 0 saturated carbocycles. The van der Waals surface area contributed by atoms with Gasteiger partial charge in [0.15, 0.2) is 0 Å². The van der Waals surface area contributed by atoms with E-state index in [1.807, 2.05) is 0 Å². The molecule has 1 unspecified atom stereocenters. The minimum absolute atomic E-state index is 0.426. The van der Waals surface area contributed by atoms with Gasteiger partial charge in [0.05, 0.1) is 16.8 Å². The van der Waals surface area contributed by atoms with Crippen molar-refractivity contribution in [3.05, 3.63) is 16.1 Å². The Bertz CT molecular complexity index is 300. The van der Waals surface area contributed by atoms with Crippen molar-refractivity contribution in [3.63, 3.8) is 0 Å². The quantitative estimate of drug-likeness (QED) is 0.762. The molecule has 0 aliphatic carbocycles. The lowest BCUT2D eigenvalue weighted by atomic mass is 10.3. The van der Waals surface area contributed by atoms with Crippen LogP contribution in [0.4, 0.5) is 0 Å². The van der Waals surface area contributed by atoms with Crippen LogP contribution in [-0.4, -0.2) is 36.2 Å². The predicted molar refractivity (Wildman–Crippen MR) is 57.5 cm³/mol. The van der Waals surface area contributed by atoms with Crippen LogP contribution in [0, 0.1) is 6.92 Å². The molecule has 3 nitrogen and oxygen atoms in total. The van der Waals surface area contributed by atoms with E-state index in [2.05, 4.69) is 22.2 Å². The fraction of sp³-hybridized carbons (Fsp3) is 0.700. The molecule has 0 spiro atoms. The summed E-state index contributed by atoms with van der Waals surface area (Å²) in [7, 11) is 1.79. The average Bonchev–Trinajstić information content (AvgIpc) is 2.76. The molecular weight excluding hydrogens is 196 g/mol. The molecular formula is C10H16N2OS. The molecule has 1 fully saturated rings. The van der Waals surface area contributed by atoms with Gasteiger partial charge >= 0.3 is 0 Å². The highest BCUT2D eigenvalue weighted by Crippen LogP contribution is 2.16. The first kappa shape index (κ1) is 10.1. The van der Waals surface area contributed by atoms with Crippen LogP contribution in [0.25, 0.3) is 0 Å². The lowest BCUT2D eigenvalue weighted by molar-refractivity contribution is 0.107. The van der Waals surface area contributed by atoms with Gasteiger partial charge in [0.1, 0.15) is 0 Å². The second-order valence-electron chi connectivity index (χ2n) is 3.74. The number of methoxy groups -OCH3 is 1. The Morgan fingerprint density at radius 1 is 1.71 bits per heavy atom. The molecule has 1 aromatic rings. The topological polar surface area (TPSA) is 25.4 Å². The summed E-state index contributed by atoms with van der Waals surface area (Å²) in [6, 6.07) is 0. The van der Waals surface area contributed by atoms with Crippen LogP contribution in [0.1, 0.15) is 17.1 Å². The normalized spacial score (nSPS) is 23.1. The maximum Gasteiger partial charge on any atom is 0.0897 e. The largest absolute Gasteiger partial charge is 0.380 e. The number of thiazole rings is 1. The fourth-order valence-corrected chi connectivity index (χ4v) is 2.45. The van der Waals surface area contributed by atoms with Gasteiger partial charge in [-0.15, -0.1) is 11.3 Å². The summed E-state index contributed by atoms with van der Waals surface area (Å²) in [4.78, 5) is 6.87. The Hall–Kier alpha value is -0.450. The highest BCUT2D eigenvalue weighted by Gasteiger charge is 2.22. The maximum atomic E-state index is 5.32. The Morgan fingerprint density at radius 2 is 2.57 bits per heavy atom. The van der Waals surface area contributed by atoms with Gasteiger partial charge in [0.25, 0.3) is 0 Å². The summed E-state index contributed by atoms with van der Waals surface area (Å²) < 4.78 is 5.32. The third-order valence-electron chi connectivity index (χ3n) is 2.61. The van der Waals surface area contributed by atoms with E-state index < -0.39 is 0 Å². The van der Waals surface area contributed by atoms with E-state index in [-0.39, 0.29) is 0 Å². The minimum atomic E-state index is 0.426. The predicted octanol–water partition coefficient (Wildman–Crippen LogP) is 1.67. The maximum absolute atomic E-state index is 5.32. The van der Waals surface area contributed by atoms with Gasteiger partial charge in [0, 0.05) is 32.1 Å². The van der Waals surface area contributed by atoms with Gasteiger partial charge in [-0.3, -0.25) is 4.90 Å². The molecule has 2 rings (SSSR count). The number of aromatic nitrogens is 1. The van der Waals surface area contributed by atoms with Crippen LogP contribution in [0.2, 0.25) is 0 Å². The second kappa shape index (κ2) is 4.38. The third kappa shape index (κ3) is 2.32. The van der Waals surface area contributed by atoms with Crippen molar-refractivity contribution in [2.45, 2.75) is 26.0 Å². The van der Waals surface area contributed by atoms with E-state index >= 15 is 0 Å². The van der Waals surface area contributed by atoms with Crippen molar-refractivity contribution >= 4 is 11.3 Å². The van der Waals surface area contributed by atoms with Crippen molar-refractivity contribution < 1.29 is 4.74 Å². The summed E-state index contributed by atoms with van der Waals surface area (Å²) in [5, 5.41) is 3.30. The average molecular weight is 212 g/mol. The van der Waals surface area contributed by atoms with Crippen molar-refractivity contribution in [2.24, 2.45) is 0 Å². The van der Waals surface area contributed by atoms with Gasteiger partial charge in [-0.05, 0) is 13.3 Å². The van der Waals surface area contributed by atoms with Gasteiger partial charge in [0.2, 0.25) is 0 Å². The summed E-state index contributed by atoms with van der Waals surface area (Å²) in [5.41, 5.74) is 1.20. The Morgan fingerprint density at radius 3 is 3.14 bits per heavy atom. The number of nitrogens with zero attached hydrogens (tertiary/aromatic N) is 2. The van der Waals surface area contributed by atoms with E-state index in [0.717, 1.165) is 31.1 Å². The number of ether oxygens (including phenoxy) is 1. The summed E-state index contributed by atoms with van der Waals surface area (Å²) in [5.74, 6) is 0. The smallest absolute Gasteiger partial charge is 0.0897 e. The molecule has 0 amide bonds. The van der Waals surface area contributed by atoms with Crippen LogP contribution in [-0.2, 0) is 11.3 Å². The zero-order valence-corrected chi connectivity index (χ0v) is 9.51. The highest BCUT2D eigenvalue weighted by atomic mass is 32.1. The first-order valence-corrected chi connectivity index (χ1v) is 5.82. The fourth-order valence-electron chi connectivity index (χ4n) is 1.84. The molecule has 1 aromatic heterocycles. The highest BCUT2D eigenvalue weighted by molar-refractivity contribution is 7.09. The van der Waals surface area contributed by atoms with Gasteiger partial charge in [-0.1, -0.05) is 0 Å². The number of hydrogen-bond acceptors (Lipinski definition) is 4. The molecule has 1 atom stereocenters. The number of hydrogen-bond donors (Lipinski definition) is 0. The van der Waals surface area contributed by atoms with Crippen LogP contribution in [0.5, 0.6) is 0 Å². The Labute approximate surface area is 88.7 Å². The van der Waals surface area contributed by atoms with Crippen molar-refractivity contribution in [1.29, 1.82) is 0 Å². The van der Waals surface area contributed by atoms with Crippen LogP contribution in [0.15, 0.2) is 5.38 Å². The van der Waals surface area contributed by atoms with E-state index in [0.29, 0.717) is 6.10 Å². The summed E-state index contributed by atoms with van der Waals surface area (Å²) in [6.45, 7) is 5.21. The lowest BCUT2D eigenvalue weighted by Crippen LogP contribution is -2.22. The monoisotopic (exact) mass is 212 g/mol. The van der Waals surface area contributed by atoms with Crippen molar-refractivity contribution in [3.8, 4) is 0 Å². The summed E-state index contributed by atoms with van der Waals surface area (Å²) in [6.07, 6.45) is 1.58. The molecule has 0 N–H and O–H groups in total. The molecule has 1 aliphatic rings. The second-order valence-corrected chi connectivity index (χ2v) is 4.80. The first-order chi connectivity index (χ1) is 6.78. The van der Waals surface area contributed by atoms with Crippen molar-refractivity contribution in [2.75, 3.05) is 20.2 Å². The number of rotatable bonds is 3. The number of likely N-dealkylation sites (tertiary alicyclic amines) is 1. The van der Waals surface area contributed by atoms with Gasteiger partial charge in [-0.2, -0.15) is 0 Å². The Balaban J connectivity index is 1.87. The molecule has 0 aromatic carbocycles. The van der Waals surface area contributed by atoms with Crippen LogP contribution in [0.3, 0.4) is 0 Å². The molecule has 1 aliphatic heterocycles. The van der Waals surface area contributed by atoms with Gasteiger partial charge in [-0.25, -0.2) is 4.98 Å². The molecule has 4 heteroatoms. The molecule has 1 saturated heterocycles.